The van der Waals surface area contributed by atoms with E-state index < -0.39 is 5.54 Å². The zero-order valence-electron chi connectivity index (χ0n) is 16.1. The highest BCUT2D eigenvalue weighted by Gasteiger charge is 2.50. The number of nitrogens with zero attached hydrogens (tertiary/aromatic N) is 3. The third-order valence-electron chi connectivity index (χ3n) is 5.45. The smallest absolute Gasteiger partial charge is 0.242 e. The van der Waals surface area contributed by atoms with Crippen molar-refractivity contribution in [3.8, 4) is 17.0 Å². The average molecular weight is 366 g/mol. The summed E-state index contributed by atoms with van der Waals surface area (Å²) in [5, 5.41) is 3.54. The molecule has 1 aromatic carbocycles. The molecule has 2 saturated heterocycles. The number of hydrogen-bond acceptors (Lipinski definition) is 5. The normalized spacial score (nSPS) is 25.0. The summed E-state index contributed by atoms with van der Waals surface area (Å²) in [6, 6.07) is 9.90. The maximum absolute atomic E-state index is 12.5. The second-order valence-electron chi connectivity index (χ2n) is 7.79. The Hall–Kier alpha value is -2.47. The quantitative estimate of drug-likeness (QED) is 0.901. The number of carbonyl (C=O) groups excluding carboxylic acids is 1. The van der Waals surface area contributed by atoms with Crippen molar-refractivity contribution in [3.05, 3.63) is 42.4 Å². The van der Waals surface area contributed by atoms with Gasteiger partial charge in [-0.15, -0.1) is 0 Å². The molecule has 2 aromatic rings. The number of ether oxygens (including phenoxy) is 1. The number of carbonyl (C=O) groups is 1. The van der Waals surface area contributed by atoms with E-state index in [2.05, 4.69) is 10.3 Å². The topological polar surface area (TPSA) is 67.3 Å². The Morgan fingerprint density at radius 2 is 2.00 bits per heavy atom. The summed E-state index contributed by atoms with van der Waals surface area (Å²) < 4.78 is 5.70. The zero-order valence-corrected chi connectivity index (χ0v) is 16.1. The fourth-order valence-corrected chi connectivity index (χ4v) is 4.04. The van der Waals surface area contributed by atoms with E-state index in [9.17, 15) is 4.79 Å². The van der Waals surface area contributed by atoms with Crippen molar-refractivity contribution in [2.45, 2.75) is 50.8 Å². The first-order valence-corrected chi connectivity index (χ1v) is 9.60. The van der Waals surface area contributed by atoms with Crippen LogP contribution in [-0.4, -0.2) is 46.0 Å². The van der Waals surface area contributed by atoms with Crippen LogP contribution in [0.3, 0.4) is 0 Å². The predicted octanol–water partition coefficient (Wildman–Crippen LogP) is 2.96. The number of amides is 1. The van der Waals surface area contributed by atoms with Gasteiger partial charge in [0.25, 0.3) is 0 Å². The van der Waals surface area contributed by atoms with Gasteiger partial charge in [-0.2, -0.15) is 0 Å². The van der Waals surface area contributed by atoms with E-state index >= 15 is 0 Å². The molecule has 2 unspecified atom stereocenters. The minimum absolute atomic E-state index is 0.0175. The van der Waals surface area contributed by atoms with E-state index in [-0.39, 0.29) is 18.1 Å². The second kappa shape index (κ2) is 6.93. The summed E-state index contributed by atoms with van der Waals surface area (Å²) in [5.74, 6) is 1.81. The molecular weight excluding hydrogens is 340 g/mol. The monoisotopic (exact) mass is 366 g/mol. The molecule has 4 rings (SSSR count). The highest BCUT2D eigenvalue weighted by atomic mass is 16.5. The van der Waals surface area contributed by atoms with Crippen molar-refractivity contribution in [2.75, 3.05) is 13.6 Å². The molecule has 1 spiro atoms. The van der Waals surface area contributed by atoms with E-state index in [1.54, 1.807) is 6.20 Å². The Kier molecular flexibility index (Phi) is 4.60. The number of benzene rings is 1. The first-order chi connectivity index (χ1) is 13.0. The number of hydrogen-bond donors (Lipinski definition) is 1. The van der Waals surface area contributed by atoms with E-state index in [0.29, 0.717) is 0 Å². The van der Waals surface area contributed by atoms with Crippen LogP contribution in [0.2, 0.25) is 0 Å². The summed E-state index contributed by atoms with van der Waals surface area (Å²) in [6.45, 7) is 4.84. The van der Waals surface area contributed by atoms with E-state index in [1.165, 1.54) is 0 Å². The van der Waals surface area contributed by atoms with Crippen LogP contribution in [0.25, 0.3) is 11.3 Å². The van der Waals surface area contributed by atoms with Gasteiger partial charge in [0.2, 0.25) is 5.91 Å². The van der Waals surface area contributed by atoms with Crippen LogP contribution in [0.15, 0.2) is 36.5 Å². The summed E-state index contributed by atoms with van der Waals surface area (Å²) in [6.07, 6.45) is 4.53. The van der Waals surface area contributed by atoms with Crippen LogP contribution in [0.5, 0.6) is 5.75 Å². The third kappa shape index (κ3) is 3.41. The van der Waals surface area contributed by atoms with Gasteiger partial charge in [-0.3, -0.25) is 10.1 Å². The Labute approximate surface area is 160 Å². The lowest BCUT2D eigenvalue weighted by Gasteiger charge is -2.23. The molecule has 2 aliphatic heterocycles. The molecule has 2 aliphatic rings. The summed E-state index contributed by atoms with van der Waals surface area (Å²) in [5.41, 5.74) is 1.49. The lowest BCUT2D eigenvalue weighted by molar-refractivity contribution is -0.131. The van der Waals surface area contributed by atoms with Crippen LogP contribution in [0.1, 0.15) is 45.0 Å². The average Bonchev–Trinajstić information content (AvgIpc) is 3.22. The number of likely N-dealkylation sites (N-methyl/N-ethyl adjacent to an activating group) is 1. The van der Waals surface area contributed by atoms with Crippen LogP contribution < -0.4 is 10.1 Å². The summed E-state index contributed by atoms with van der Waals surface area (Å²) in [4.78, 5) is 23.6. The molecule has 3 heterocycles. The van der Waals surface area contributed by atoms with Crippen molar-refractivity contribution < 1.29 is 9.53 Å². The highest BCUT2D eigenvalue weighted by Crippen LogP contribution is 2.38. The third-order valence-corrected chi connectivity index (χ3v) is 5.45. The maximum Gasteiger partial charge on any atom is 0.242 e. The van der Waals surface area contributed by atoms with E-state index in [4.69, 9.17) is 9.72 Å². The van der Waals surface area contributed by atoms with Gasteiger partial charge >= 0.3 is 0 Å². The molecule has 142 valence electrons. The zero-order chi connectivity index (χ0) is 19.0. The lowest BCUT2D eigenvalue weighted by atomic mass is 9.96. The Morgan fingerprint density at radius 3 is 2.67 bits per heavy atom. The molecule has 0 aliphatic carbocycles. The maximum atomic E-state index is 12.5. The van der Waals surface area contributed by atoms with Crippen LogP contribution in [0.4, 0.5) is 0 Å². The number of rotatable bonds is 4. The number of nitrogens with one attached hydrogen (secondary N) is 1. The Morgan fingerprint density at radius 1 is 1.22 bits per heavy atom. The van der Waals surface area contributed by atoms with Crippen molar-refractivity contribution in [1.82, 2.24) is 20.2 Å². The van der Waals surface area contributed by atoms with Gasteiger partial charge in [-0.1, -0.05) is 0 Å². The van der Waals surface area contributed by atoms with Crippen molar-refractivity contribution >= 4 is 5.91 Å². The molecule has 0 bridgehead atoms. The predicted molar refractivity (Wildman–Crippen MR) is 103 cm³/mol. The summed E-state index contributed by atoms with van der Waals surface area (Å²) >= 11 is 0. The number of aromatic nitrogens is 2. The van der Waals surface area contributed by atoms with Gasteiger partial charge in [-0.05, 0) is 63.4 Å². The van der Waals surface area contributed by atoms with Crippen molar-refractivity contribution in [3.63, 3.8) is 0 Å². The second-order valence-corrected chi connectivity index (χ2v) is 7.79. The van der Waals surface area contributed by atoms with Gasteiger partial charge in [0.1, 0.15) is 17.1 Å². The largest absolute Gasteiger partial charge is 0.491 e. The van der Waals surface area contributed by atoms with Gasteiger partial charge in [-0.25, -0.2) is 9.97 Å². The molecule has 2 fully saturated rings. The fourth-order valence-electron chi connectivity index (χ4n) is 4.04. The summed E-state index contributed by atoms with van der Waals surface area (Å²) in [7, 11) is 1.87. The lowest BCUT2D eigenvalue weighted by Crippen LogP contribution is -2.47. The fraction of sp³-hybridized carbons (Fsp3) is 0.476. The van der Waals surface area contributed by atoms with E-state index in [0.717, 1.165) is 48.6 Å². The first-order valence-electron chi connectivity index (χ1n) is 9.60. The van der Waals surface area contributed by atoms with Gasteiger partial charge in [0, 0.05) is 25.4 Å². The Bertz CT molecular complexity index is 836. The minimum atomic E-state index is -0.422. The van der Waals surface area contributed by atoms with Gasteiger partial charge in [0.15, 0.2) is 0 Å². The molecule has 1 N–H and O–H groups in total. The molecule has 2 atom stereocenters. The molecule has 1 amide bonds. The van der Waals surface area contributed by atoms with Crippen LogP contribution in [-0.2, 0) is 4.79 Å². The minimum Gasteiger partial charge on any atom is -0.491 e. The molecule has 27 heavy (non-hydrogen) atoms. The van der Waals surface area contributed by atoms with Crippen LogP contribution >= 0.6 is 0 Å². The molecule has 0 saturated carbocycles. The highest BCUT2D eigenvalue weighted by molar-refractivity contribution is 5.88. The van der Waals surface area contributed by atoms with Crippen molar-refractivity contribution in [1.29, 1.82) is 0 Å². The van der Waals surface area contributed by atoms with Gasteiger partial charge < -0.3 is 9.64 Å². The molecular formula is C21H26N4O2. The SMILES string of the molecule is CC(C)Oc1ccc(-c2ccnc(C3CCC4(CCN(C)C4=O)N3)n2)cc1. The molecule has 6 nitrogen and oxygen atoms in total. The van der Waals surface area contributed by atoms with Crippen molar-refractivity contribution in [2.24, 2.45) is 0 Å². The number of likely N-dealkylation sites (tertiary alicyclic amines) is 1. The van der Waals surface area contributed by atoms with E-state index in [1.807, 2.05) is 56.1 Å². The molecule has 6 heteroatoms. The van der Waals surface area contributed by atoms with Gasteiger partial charge in [0.05, 0.1) is 17.8 Å². The molecule has 1 aromatic heterocycles. The standard InChI is InChI=1S/C21H26N4O2/c1-14(2)27-16-6-4-15(5-7-16)17-9-12-22-19(23-17)18-8-10-21(24-18)11-13-25(3)20(21)26/h4-7,9,12,14,18,24H,8,10-11,13H2,1-3H3. The first kappa shape index (κ1) is 17.9. The van der Waals surface area contributed by atoms with Crippen LogP contribution in [0, 0.1) is 0 Å². The molecule has 0 radical (unpaired) electrons. The Balaban J connectivity index is 1.52.